The average molecular weight is 418 g/mol. The molecule has 0 aliphatic carbocycles. The molecule has 0 aromatic carbocycles. The molecular weight excluding hydrogens is 404 g/mol. The molecule has 0 saturated carbocycles. The molecule has 0 radical (unpaired) electrons. The molecule has 23 heavy (non-hydrogen) atoms. The van der Waals surface area contributed by atoms with Crippen LogP contribution >= 0.6 is 15.9 Å². The Morgan fingerprint density at radius 3 is 2.74 bits per heavy atom. The molecule has 0 fully saturated rings. The summed E-state index contributed by atoms with van der Waals surface area (Å²) in [5, 5.41) is 8.79. The molecule has 1 aromatic heterocycles. The Bertz CT molecular complexity index is 659. The van der Waals surface area contributed by atoms with Crippen molar-refractivity contribution in [1.29, 1.82) is 0 Å². The Morgan fingerprint density at radius 2 is 2.22 bits per heavy atom. The number of nitrogens with one attached hydrogen (secondary N) is 1. The fourth-order valence-corrected chi connectivity index (χ4v) is 2.38. The largest absolute Gasteiger partial charge is 0.474 e. The first kappa shape index (κ1) is 19.4. The Hall–Kier alpha value is -1.69. The van der Waals surface area contributed by atoms with Gasteiger partial charge in [-0.2, -0.15) is 0 Å². The summed E-state index contributed by atoms with van der Waals surface area (Å²) in [4.78, 5) is 15.1. The van der Waals surface area contributed by atoms with Crippen LogP contribution in [0.3, 0.4) is 0 Å². The Kier molecular flexibility index (Phi) is 6.94. The number of hydrogen-bond donors (Lipinski definition) is 2. The van der Waals surface area contributed by atoms with E-state index in [-0.39, 0.29) is 24.7 Å². The zero-order valence-electron chi connectivity index (χ0n) is 11.9. The Balaban J connectivity index is 2.75. The number of hydrogen-bond acceptors (Lipinski definition) is 5. The van der Waals surface area contributed by atoms with E-state index < -0.39 is 29.1 Å². The van der Waals surface area contributed by atoms with Crippen LogP contribution in [-0.2, 0) is 10.0 Å². The molecule has 0 atom stereocenters. The van der Waals surface area contributed by atoms with Crippen molar-refractivity contribution in [2.75, 3.05) is 30.7 Å². The molecule has 0 unspecified atom stereocenters. The summed E-state index contributed by atoms with van der Waals surface area (Å²) in [5.41, 5.74) is 0.0395. The van der Waals surface area contributed by atoms with Crippen molar-refractivity contribution in [2.45, 2.75) is 6.43 Å². The molecule has 12 heteroatoms. The number of anilines is 1. The monoisotopic (exact) mass is 417 g/mol. The molecule has 1 rings (SSSR count). The number of aromatic nitrogens is 1. The number of rotatable bonds is 8. The molecule has 8 nitrogen and oxygen atoms in total. The van der Waals surface area contributed by atoms with Gasteiger partial charge >= 0.3 is 6.09 Å². The molecule has 2 N–H and O–H groups in total. The number of sulfonamides is 1. The van der Waals surface area contributed by atoms with Gasteiger partial charge in [-0.3, -0.25) is 9.62 Å². The fourth-order valence-electron chi connectivity index (χ4n) is 1.50. The van der Waals surface area contributed by atoms with E-state index in [1.807, 2.05) is 0 Å². The summed E-state index contributed by atoms with van der Waals surface area (Å²) in [6.45, 7) is -1.54. The fraction of sp³-hybridized carbons (Fsp3) is 0.455. The van der Waals surface area contributed by atoms with E-state index in [4.69, 9.17) is 9.84 Å². The van der Waals surface area contributed by atoms with E-state index in [2.05, 4.69) is 25.6 Å². The van der Waals surface area contributed by atoms with Gasteiger partial charge in [0, 0.05) is 10.7 Å². The summed E-state index contributed by atoms with van der Waals surface area (Å²) in [6, 6.07) is 1.40. The zero-order chi connectivity index (χ0) is 17.6. The van der Waals surface area contributed by atoms with Crippen molar-refractivity contribution < 1.29 is 31.8 Å². The highest BCUT2D eigenvalue weighted by Gasteiger charge is 2.18. The minimum atomic E-state index is -3.58. The van der Waals surface area contributed by atoms with E-state index in [0.29, 0.717) is 9.37 Å². The van der Waals surface area contributed by atoms with Gasteiger partial charge in [-0.1, -0.05) is 0 Å². The number of alkyl halides is 2. The van der Waals surface area contributed by atoms with E-state index in [1.165, 1.54) is 12.3 Å². The van der Waals surface area contributed by atoms with Crippen LogP contribution in [0.5, 0.6) is 5.88 Å². The Morgan fingerprint density at radius 1 is 1.57 bits per heavy atom. The van der Waals surface area contributed by atoms with Crippen LogP contribution in [0.4, 0.5) is 19.3 Å². The Labute approximate surface area is 139 Å². The van der Waals surface area contributed by atoms with Crippen LogP contribution in [-0.4, -0.2) is 61.9 Å². The number of halogens is 3. The lowest BCUT2D eigenvalue weighted by molar-refractivity contribution is 0.0734. The number of ether oxygens (including phenoxy) is 1. The maximum absolute atomic E-state index is 12.2. The molecular formula is C11H14BrF2N3O5S. The quantitative estimate of drug-likeness (QED) is 0.667. The third-order valence-electron chi connectivity index (χ3n) is 2.34. The first-order chi connectivity index (χ1) is 10.6. The van der Waals surface area contributed by atoms with Crippen molar-refractivity contribution in [2.24, 2.45) is 0 Å². The lowest BCUT2D eigenvalue weighted by atomic mass is 10.4. The highest BCUT2D eigenvalue weighted by Crippen LogP contribution is 2.26. The third kappa shape index (κ3) is 7.41. The van der Waals surface area contributed by atoms with Gasteiger partial charge in [0.2, 0.25) is 15.9 Å². The van der Waals surface area contributed by atoms with E-state index in [1.54, 1.807) is 0 Å². The van der Waals surface area contributed by atoms with Crippen LogP contribution in [0.25, 0.3) is 0 Å². The third-order valence-corrected chi connectivity index (χ3v) is 3.37. The zero-order valence-corrected chi connectivity index (χ0v) is 14.3. The molecule has 0 aliphatic heterocycles. The van der Waals surface area contributed by atoms with Gasteiger partial charge in [0.25, 0.3) is 6.43 Å². The second-order valence-electron chi connectivity index (χ2n) is 4.35. The SMILES string of the molecule is CS(=O)(=O)Nc1cc(Br)cnc1OCCN(CC(F)F)C(=O)O. The van der Waals surface area contributed by atoms with Crippen LogP contribution in [0.1, 0.15) is 0 Å². The lowest BCUT2D eigenvalue weighted by Crippen LogP contribution is -2.37. The minimum Gasteiger partial charge on any atom is -0.474 e. The highest BCUT2D eigenvalue weighted by molar-refractivity contribution is 9.10. The minimum absolute atomic E-state index is 0.0395. The number of pyridine rings is 1. The van der Waals surface area contributed by atoms with E-state index in [0.717, 1.165) is 6.26 Å². The maximum Gasteiger partial charge on any atom is 0.407 e. The second-order valence-corrected chi connectivity index (χ2v) is 7.01. The van der Waals surface area contributed by atoms with Crippen LogP contribution in [0.15, 0.2) is 16.7 Å². The van der Waals surface area contributed by atoms with Crippen molar-refractivity contribution in [1.82, 2.24) is 9.88 Å². The summed E-state index contributed by atoms with van der Waals surface area (Å²) in [7, 11) is -3.58. The number of carboxylic acid groups (broad SMARTS) is 1. The molecule has 0 aliphatic rings. The summed E-state index contributed by atoms with van der Waals surface area (Å²) < 4.78 is 54.9. The summed E-state index contributed by atoms with van der Waals surface area (Å²) in [6.07, 6.45) is -2.03. The first-order valence-electron chi connectivity index (χ1n) is 6.10. The van der Waals surface area contributed by atoms with Crippen LogP contribution in [0, 0.1) is 0 Å². The van der Waals surface area contributed by atoms with Crippen molar-refractivity contribution in [3.8, 4) is 5.88 Å². The highest BCUT2D eigenvalue weighted by atomic mass is 79.9. The smallest absolute Gasteiger partial charge is 0.407 e. The van der Waals surface area contributed by atoms with Crippen LogP contribution in [0.2, 0.25) is 0 Å². The molecule has 0 bridgehead atoms. The maximum atomic E-state index is 12.2. The van der Waals surface area contributed by atoms with Crippen molar-refractivity contribution >= 4 is 37.7 Å². The van der Waals surface area contributed by atoms with Gasteiger partial charge in [-0.25, -0.2) is 27.0 Å². The molecule has 1 heterocycles. The molecule has 1 amide bonds. The first-order valence-corrected chi connectivity index (χ1v) is 8.79. The van der Waals surface area contributed by atoms with E-state index >= 15 is 0 Å². The second kappa shape index (κ2) is 8.24. The molecule has 0 spiro atoms. The van der Waals surface area contributed by atoms with Gasteiger partial charge in [0.15, 0.2) is 0 Å². The predicted octanol–water partition coefficient (Wildman–Crippen LogP) is 1.84. The number of nitrogens with zero attached hydrogens (tertiary/aromatic N) is 2. The van der Waals surface area contributed by atoms with Gasteiger partial charge < -0.3 is 9.84 Å². The van der Waals surface area contributed by atoms with Gasteiger partial charge in [0.05, 0.1) is 19.3 Å². The molecule has 1 aromatic rings. The molecule has 130 valence electrons. The van der Waals surface area contributed by atoms with Crippen LogP contribution < -0.4 is 9.46 Å². The summed E-state index contributed by atoms with van der Waals surface area (Å²) in [5.74, 6) is -0.0963. The number of carbonyl (C=O) groups is 1. The molecule has 0 saturated heterocycles. The van der Waals surface area contributed by atoms with Gasteiger partial charge in [0.1, 0.15) is 12.3 Å². The van der Waals surface area contributed by atoms with Crippen molar-refractivity contribution in [3.05, 3.63) is 16.7 Å². The number of amides is 1. The van der Waals surface area contributed by atoms with Crippen molar-refractivity contribution in [3.63, 3.8) is 0 Å². The lowest BCUT2D eigenvalue weighted by Gasteiger charge is -2.19. The average Bonchev–Trinajstić information content (AvgIpc) is 2.37. The van der Waals surface area contributed by atoms with Gasteiger partial charge in [-0.15, -0.1) is 0 Å². The van der Waals surface area contributed by atoms with Gasteiger partial charge in [-0.05, 0) is 22.0 Å². The standard InChI is InChI=1S/C11H14BrF2N3O5S/c1-23(20,21)16-8-4-7(12)5-15-10(8)22-3-2-17(11(18)19)6-9(13)14/h4-5,9,16H,2-3,6H2,1H3,(H,18,19). The predicted molar refractivity (Wildman–Crippen MR) is 81.5 cm³/mol. The normalized spacial score (nSPS) is 11.3. The van der Waals surface area contributed by atoms with E-state index in [9.17, 15) is 22.0 Å². The topological polar surface area (TPSA) is 109 Å². The summed E-state index contributed by atoms with van der Waals surface area (Å²) >= 11 is 3.12.